The lowest BCUT2D eigenvalue weighted by Gasteiger charge is -2.37. The van der Waals surface area contributed by atoms with Gasteiger partial charge in [-0.3, -0.25) is 0 Å². The van der Waals surface area contributed by atoms with Crippen LogP contribution in [0.15, 0.2) is 12.5 Å². The van der Waals surface area contributed by atoms with Crippen LogP contribution in [-0.4, -0.2) is 35.9 Å². The molecule has 0 saturated carbocycles. The van der Waals surface area contributed by atoms with Crippen molar-refractivity contribution in [3.8, 4) is 0 Å². The van der Waals surface area contributed by atoms with Gasteiger partial charge in [0, 0.05) is 23.9 Å². The smallest absolute Gasteiger partial charge is 0.0951 e. The van der Waals surface area contributed by atoms with Crippen LogP contribution < -0.4 is 5.32 Å². The lowest BCUT2D eigenvalue weighted by atomic mass is 9.78. The Kier molecular flexibility index (Phi) is 5.22. The van der Waals surface area contributed by atoms with Crippen LogP contribution in [0.5, 0.6) is 0 Å². The summed E-state index contributed by atoms with van der Waals surface area (Å²) in [5.74, 6) is 0.541. The molecular weight excluding hydrogens is 250 g/mol. The molecule has 0 amide bonds. The molecule has 2 rings (SSSR count). The molecule has 2 heterocycles. The molecule has 0 aliphatic carbocycles. The Morgan fingerprint density at radius 2 is 2.10 bits per heavy atom. The number of hydrogen-bond acceptors (Lipinski definition) is 3. The summed E-state index contributed by atoms with van der Waals surface area (Å²) in [6.07, 6.45) is 6.41. The van der Waals surface area contributed by atoms with Crippen LogP contribution in [0, 0.1) is 5.92 Å². The maximum atomic E-state index is 5.70. The summed E-state index contributed by atoms with van der Waals surface area (Å²) in [4.78, 5) is 4.44. The summed E-state index contributed by atoms with van der Waals surface area (Å²) in [6.45, 7) is 12.7. The molecule has 1 aliphatic heterocycles. The van der Waals surface area contributed by atoms with Crippen LogP contribution >= 0.6 is 0 Å². The van der Waals surface area contributed by atoms with Gasteiger partial charge in [-0.1, -0.05) is 20.8 Å². The summed E-state index contributed by atoms with van der Waals surface area (Å²) in [5, 5.41) is 3.45. The standard InChI is InChI=1S/C16H29N3O/c1-5-20-11-14(13(2)3)19-12-18-10-15(19)16(4)6-8-17-9-7-16/h10,12-14,17H,5-9,11H2,1-4H3. The average Bonchev–Trinajstić information content (AvgIpc) is 2.90. The molecule has 0 bridgehead atoms. The highest BCUT2D eigenvalue weighted by atomic mass is 16.5. The lowest BCUT2D eigenvalue weighted by Crippen LogP contribution is -2.40. The Balaban J connectivity index is 2.25. The van der Waals surface area contributed by atoms with Gasteiger partial charge in [0.05, 0.1) is 19.0 Å². The monoisotopic (exact) mass is 279 g/mol. The van der Waals surface area contributed by atoms with E-state index >= 15 is 0 Å². The molecular formula is C16H29N3O. The van der Waals surface area contributed by atoms with Crippen molar-refractivity contribution in [1.29, 1.82) is 0 Å². The van der Waals surface area contributed by atoms with Crippen molar-refractivity contribution >= 4 is 0 Å². The van der Waals surface area contributed by atoms with Gasteiger partial charge in [0.25, 0.3) is 0 Å². The normalized spacial score (nSPS) is 20.2. The SMILES string of the molecule is CCOCC(C(C)C)n1cncc1C1(C)CCNCC1. The third-order valence-electron chi connectivity index (χ3n) is 4.61. The molecule has 1 unspecified atom stereocenters. The van der Waals surface area contributed by atoms with E-state index in [2.05, 4.69) is 48.8 Å². The van der Waals surface area contributed by atoms with Gasteiger partial charge in [0.1, 0.15) is 0 Å². The molecule has 4 heteroatoms. The number of aromatic nitrogens is 2. The van der Waals surface area contributed by atoms with Crippen molar-refractivity contribution < 1.29 is 4.74 Å². The molecule has 4 nitrogen and oxygen atoms in total. The van der Waals surface area contributed by atoms with Gasteiger partial charge in [-0.25, -0.2) is 4.98 Å². The molecule has 1 atom stereocenters. The van der Waals surface area contributed by atoms with Gasteiger partial charge in [-0.2, -0.15) is 0 Å². The zero-order valence-electron chi connectivity index (χ0n) is 13.4. The van der Waals surface area contributed by atoms with Crippen LogP contribution in [0.2, 0.25) is 0 Å². The highest BCUT2D eigenvalue weighted by Crippen LogP contribution is 2.35. The van der Waals surface area contributed by atoms with Gasteiger partial charge < -0.3 is 14.6 Å². The fraction of sp³-hybridized carbons (Fsp3) is 0.812. The third-order valence-corrected chi connectivity index (χ3v) is 4.61. The second kappa shape index (κ2) is 6.72. The second-order valence-corrected chi connectivity index (χ2v) is 6.47. The van der Waals surface area contributed by atoms with Gasteiger partial charge >= 0.3 is 0 Å². The van der Waals surface area contributed by atoms with E-state index in [0.717, 1.165) is 26.3 Å². The minimum atomic E-state index is 0.237. The Morgan fingerprint density at radius 1 is 1.40 bits per heavy atom. The van der Waals surface area contributed by atoms with Gasteiger partial charge in [-0.05, 0) is 38.8 Å². The summed E-state index contributed by atoms with van der Waals surface area (Å²) in [7, 11) is 0. The zero-order valence-corrected chi connectivity index (χ0v) is 13.4. The van der Waals surface area contributed by atoms with E-state index in [1.165, 1.54) is 18.5 Å². The number of nitrogens with one attached hydrogen (secondary N) is 1. The Morgan fingerprint density at radius 3 is 2.70 bits per heavy atom. The second-order valence-electron chi connectivity index (χ2n) is 6.47. The maximum Gasteiger partial charge on any atom is 0.0951 e. The first-order valence-electron chi connectivity index (χ1n) is 7.89. The van der Waals surface area contributed by atoms with Gasteiger partial charge in [-0.15, -0.1) is 0 Å². The van der Waals surface area contributed by atoms with E-state index in [1.807, 2.05) is 6.33 Å². The van der Waals surface area contributed by atoms with Gasteiger partial charge in [0.2, 0.25) is 0 Å². The summed E-state index contributed by atoms with van der Waals surface area (Å²) in [6, 6.07) is 0.374. The fourth-order valence-corrected chi connectivity index (χ4v) is 3.10. The minimum absolute atomic E-state index is 0.237. The van der Waals surface area contributed by atoms with Crippen LogP contribution in [0.3, 0.4) is 0 Å². The molecule has 0 radical (unpaired) electrons. The number of piperidine rings is 1. The highest BCUT2D eigenvalue weighted by molar-refractivity contribution is 5.16. The zero-order chi connectivity index (χ0) is 14.6. The van der Waals surface area contributed by atoms with Crippen molar-refractivity contribution in [2.45, 2.75) is 52.0 Å². The molecule has 1 aliphatic rings. The van der Waals surface area contributed by atoms with Crippen LogP contribution in [0.4, 0.5) is 0 Å². The van der Waals surface area contributed by atoms with Crippen LogP contribution in [0.25, 0.3) is 0 Å². The number of rotatable bonds is 6. The van der Waals surface area contributed by atoms with E-state index in [4.69, 9.17) is 4.74 Å². The number of ether oxygens (including phenoxy) is 1. The van der Waals surface area contributed by atoms with E-state index in [-0.39, 0.29) is 5.41 Å². The van der Waals surface area contributed by atoms with Crippen LogP contribution in [0.1, 0.15) is 52.3 Å². The molecule has 1 N–H and O–H groups in total. The molecule has 1 saturated heterocycles. The number of hydrogen-bond donors (Lipinski definition) is 1. The Labute approximate surface area is 122 Å². The number of imidazole rings is 1. The van der Waals surface area contributed by atoms with E-state index in [9.17, 15) is 0 Å². The first-order chi connectivity index (χ1) is 9.58. The average molecular weight is 279 g/mol. The van der Waals surface area contributed by atoms with Crippen molar-refractivity contribution in [2.24, 2.45) is 5.92 Å². The fourth-order valence-electron chi connectivity index (χ4n) is 3.10. The summed E-state index contributed by atoms with van der Waals surface area (Å²) >= 11 is 0. The molecule has 114 valence electrons. The quantitative estimate of drug-likeness (QED) is 0.870. The molecule has 0 aromatic carbocycles. The lowest BCUT2D eigenvalue weighted by molar-refractivity contribution is 0.0932. The first kappa shape index (κ1) is 15.5. The molecule has 1 aromatic heterocycles. The summed E-state index contributed by atoms with van der Waals surface area (Å²) < 4.78 is 8.06. The van der Waals surface area contributed by atoms with Crippen molar-refractivity contribution in [1.82, 2.24) is 14.9 Å². The highest BCUT2D eigenvalue weighted by Gasteiger charge is 2.33. The Hall–Kier alpha value is -0.870. The van der Waals surface area contributed by atoms with E-state index in [0.29, 0.717) is 12.0 Å². The minimum Gasteiger partial charge on any atom is -0.380 e. The molecule has 1 fully saturated rings. The largest absolute Gasteiger partial charge is 0.380 e. The van der Waals surface area contributed by atoms with Crippen LogP contribution in [-0.2, 0) is 10.2 Å². The van der Waals surface area contributed by atoms with E-state index < -0.39 is 0 Å². The number of nitrogens with zero attached hydrogens (tertiary/aromatic N) is 2. The predicted molar refractivity (Wildman–Crippen MR) is 82.1 cm³/mol. The summed E-state index contributed by atoms with van der Waals surface area (Å²) in [5.41, 5.74) is 1.61. The van der Waals surface area contributed by atoms with Crippen molar-refractivity contribution in [2.75, 3.05) is 26.3 Å². The Bertz CT molecular complexity index is 408. The van der Waals surface area contributed by atoms with Gasteiger partial charge in [0.15, 0.2) is 0 Å². The van der Waals surface area contributed by atoms with Crippen molar-refractivity contribution in [3.05, 3.63) is 18.2 Å². The molecule has 20 heavy (non-hydrogen) atoms. The topological polar surface area (TPSA) is 39.1 Å². The van der Waals surface area contributed by atoms with Crippen molar-refractivity contribution in [3.63, 3.8) is 0 Å². The predicted octanol–water partition coefficient (Wildman–Crippen LogP) is 2.76. The molecule has 1 aromatic rings. The van der Waals surface area contributed by atoms with E-state index in [1.54, 1.807) is 0 Å². The first-order valence-corrected chi connectivity index (χ1v) is 7.89. The third kappa shape index (κ3) is 3.23. The maximum absolute atomic E-state index is 5.70. The molecule has 0 spiro atoms.